The molecule has 1 atom stereocenters. The van der Waals surface area contributed by atoms with Crippen molar-refractivity contribution in [1.82, 2.24) is 10.0 Å². The smallest absolute Gasteiger partial charge is 0.264 e. The minimum Gasteiger partial charge on any atom is -0.315 e. The zero-order valence-electron chi connectivity index (χ0n) is 17.3. The van der Waals surface area contributed by atoms with E-state index in [0.29, 0.717) is 21.9 Å². The molecule has 0 saturated carbocycles. The average molecular weight is 457 g/mol. The van der Waals surface area contributed by atoms with E-state index in [2.05, 4.69) is 4.85 Å². The number of halogens is 1. The highest BCUT2D eigenvalue weighted by Gasteiger charge is 2.43. The first-order valence-electron chi connectivity index (χ1n) is 9.46. The fourth-order valence-electron chi connectivity index (χ4n) is 3.36. The summed E-state index contributed by atoms with van der Waals surface area (Å²) < 4.78 is 37.9. The number of hydrogen-bond acceptors (Lipinski definition) is 5. The number of aromatic nitrogens is 1. The first kappa shape index (κ1) is 23.1. The molecule has 0 saturated heterocycles. The van der Waals surface area contributed by atoms with Crippen LogP contribution in [-0.4, -0.2) is 35.1 Å². The summed E-state index contributed by atoms with van der Waals surface area (Å²) in [5, 5.41) is 9.81. The number of nitrogens with zero attached hydrogens (tertiary/aromatic N) is 2. The molecule has 0 bridgehead atoms. The molecule has 0 radical (unpaired) electrons. The van der Waals surface area contributed by atoms with E-state index in [0.717, 1.165) is 12.3 Å². The van der Waals surface area contributed by atoms with Gasteiger partial charge in [0.1, 0.15) is 5.82 Å². The lowest BCUT2D eigenvalue weighted by molar-refractivity contribution is -0.131. The summed E-state index contributed by atoms with van der Waals surface area (Å²) in [7, 11) is -3.89. The van der Waals surface area contributed by atoms with Gasteiger partial charge in [-0.15, -0.1) is 0 Å². The molecule has 1 aromatic heterocycles. The number of fused-ring (bicyclic) bond motifs is 1. The van der Waals surface area contributed by atoms with Gasteiger partial charge >= 0.3 is 0 Å². The molecule has 10 heteroatoms. The Morgan fingerprint density at radius 3 is 2.56 bits per heavy atom. The molecule has 1 amide bonds. The lowest BCUT2D eigenvalue weighted by Gasteiger charge is -2.25. The summed E-state index contributed by atoms with van der Waals surface area (Å²) in [5.41, 5.74) is 1.98. The van der Waals surface area contributed by atoms with Gasteiger partial charge in [-0.05, 0) is 48.6 Å². The number of carbonyl (C=O) groups is 1. The van der Waals surface area contributed by atoms with Crippen LogP contribution in [-0.2, 0) is 21.2 Å². The Balaban J connectivity index is 1.97. The number of carbonyl (C=O) groups excluding carboxylic acids is 1. The van der Waals surface area contributed by atoms with Gasteiger partial charge in [-0.2, -0.15) is 0 Å². The second-order valence-electron chi connectivity index (χ2n) is 7.59. The van der Waals surface area contributed by atoms with E-state index in [-0.39, 0.29) is 18.7 Å². The van der Waals surface area contributed by atoms with Crippen molar-refractivity contribution in [3.8, 4) is 11.1 Å². The topological polar surface area (TPSA) is 110 Å². The van der Waals surface area contributed by atoms with Crippen LogP contribution in [0.2, 0.25) is 0 Å². The summed E-state index contributed by atoms with van der Waals surface area (Å²) >= 11 is 0. The molecule has 1 heterocycles. The number of rotatable bonds is 6. The van der Waals surface area contributed by atoms with Crippen molar-refractivity contribution in [2.24, 2.45) is 0 Å². The molecule has 3 aromatic rings. The van der Waals surface area contributed by atoms with Crippen molar-refractivity contribution in [3.05, 3.63) is 76.2 Å². The van der Waals surface area contributed by atoms with E-state index in [1.165, 1.54) is 35.3 Å². The summed E-state index contributed by atoms with van der Waals surface area (Å²) in [6.45, 7) is 8.06. The standard InChI is InChI=1S/C22H20FN3O5S/c1-22(21(28)25-29,32(3,30)31)9-11-26-10-8-15-12-14(4-6-18(15)20(26)27)17-7-5-16(24-2)13-19(17)23/h4-8,10,12-13,29H,9,11H2,1,3H3,(H,25,28)/t22-/m0/s1. The third-order valence-electron chi connectivity index (χ3n) is 5.60. The molecule has 0 aliphatic heterocycles. The van der Waals surface area contributed by atoms with Crippen LogP contribution in [0.25, 0.3) is 26.7 Å². The Morgan fingerprint density at radius 2 is 1.97 bits per heavy atom. The maximum atomic E-state index is 14.4. The van der Waals surface area contributed by atoms with Crippen LogP contribution in [0, 0.1) is 12.4 Å². The van der Waals surface area contributed by atoms with E-state index >= 15 is 0 Å². The number of pyridine rings is 1. The minimum atomic E-state index is -3.89. The first-order chi connectivity index (χ1) is 15.0. The number of sulfone groups is 1. The summed E-state index contributed by atoms with van der Waals surface area (Å²) in [4.78, 5) is 28.0. The van der Waals surface area contributed by atoms with E-state index in [1.54, 1.807) is 24.3 Å². The molecule has 32 heavy (non-hydrogen) atoms. The quantitative estimate of drug-likeness (QED) is 0.336. The molecule has 0 aliphatic carbocycles. The number of aryl methyl sites for hydroxylation is 1. The van der Waals surface area contributed by atoms with E-state index in [4.69, 9.17) is 11.8 Å². The molecule has 0 spiro atoms. The van der Waals surface area contributed by atoms with Crippen molar-refractivity contribution in [2.75, 3.05) is 6.26 Å². The number of amides is 1. The largest absolute Gasteiger partial charge is 0.315 e. The third kappa shape index (κ3) is 4.12. The fraction of sp³-hybridized carbons (Fsp3) is 0.227. The monoisotopic (exact) mass is 457 g/mol. The van der Waals surface area contributed by atoms with Gasteiger partial charge in [-0.3, -0.25) is 14.8 Å². The Bertz CT molecular complexity index is 1430. The molecule has 0 unspecified atom stereocenters. The lowest BCUT2D eigenvalue weighted by atomic mass is 10.0. The average Bonchev–Trinajstić information content (AvgIpc) is 2.76. The predicted octanol–water partition coefficient (Wildman–Crippen LogP) is 3.06. The summed E-state index contributed by atoms with van der Waals surface area (Å²) in [6, 6.07) is 10.6. The van der Waals surface area contributed by atoms with Gasteiger partial charge in [0.15, 0.2) is 20.3 Å². The second kappa shape index (κ2) is 8.53. The molecule has 2 aromatic carbocycles. The van der Waals surface area contributed by atoms with Crippen LogP contribution in [0.3, 0.4) is 0 Å². The Kier molecular flexibility index (Phi) is 6.16. The maximum absolute atomic E-state index is 14.4. The zero-order chi connectivity index (χ0) is 23.7. The van der Waals surface area contributed by atoms with E-state index in [9.17, 15) is 22.4 Å². The molecule has 8 nitrogen and oxygen atoms in total. The minimum absolute atomic E-state index is 0.0831. The molecular weight excluding hydrogens is 437 g/mol. The van der Waals surface area contributed by atoms with Gasteiger partial charge in [0.05, 0.1) is 6.57 Å². The number of nitrogens with one attached hydrogen (secondary N) is 1. The van der Waals surface area contributed by atoms with Crippen molar-refractivity contribution in [3.63, 3.8) is 0 Å². The highest BCUT2D eigenvalue weighted by Crippen LogP contribution is 2.28. The molecule has 2 N–H and O–H groups in total. The van der Waals surface area contributed by atoms with Crippen LogP contribution >= 0.6 is 0 Å². The molecule has 0 fully saturated rings. The second-order valence-corrected chi connectivity index (χ2v) is 10.0. The van der Waals surface area contributed by atoms with Gasteiger partial charge in [0, 0.05) is 29.9 Å². The Morgan fingerprint density at radius 1 is 1.25 bits per heavy atom. The lowest BCUT2D eigenvalue weighted by Crippen LogP contribution is -2.49. The number of hydrogen-bond donors (Lipinski definition) is 2. The maximum Gasteiger partial charge on any atom is 0.264 e. The first-order valence-corrected chi connectivity index (χ1v) is 11.4. The normalized spacial score (nSPS) is 13.3. The van der Waals surface area contributed by atoms with Crippen LogP contribution in [0.4, 0.5) is 10.1 Å². The van der Waals surface area contributed by atoms with Crippen LogP contribution in [0.5, 0.6) is 0 Å². The SMILES string of the molecule is [C-]#[N+]c1ccc(-c2ccc3c(=O)n(CC[C@@](C)(C(=O)NO)S(C)(=O)=O)ccc3c2)c(F)c1. The van der Waals surface area contributed by atoms with Crippen LogP contribution in [0.1, 0.15) is 13.3 Å². The highest BCUT2D eigenvalue weighted by molar-refractivity contribution is 7.92. The van der Waals surface area contributed by atoms with Crippen molar-refractivity contribution < 1.29 is 22.8 Å². The predicted molar refractivity (Wildman–Crippen MR) is 118 cm³/mol. The van der Waals surface area contributed by atoms with Gasteiger partial charge in [0.25, 0.3) is 11.5 Å². The van der Waals surface area contributed by atoms with E-state index in [1.807, 2.05) is 0 Å². The molecule has 3 rings (SSSR count). The fourth-order valence-corrected chi connectivity index (χ4v) is 4.20. The Labute approximate surface area is 183 Å². The van der Waals surface area contributed by atoms with Gasteiger partial charge in [-0.25, -0.2) is 23.1 Å². The highest BCUT2D eigenvalue weighted by atomic mass is 32.2. The molecular formula is C22H20FN3O5S. The summed E-state index contributed by atoms with van der Waals surface area (Å²) in [5.74, 6) is -1.63. The van der Waals surface area contributed by atoms with Crippen molar-refractivity contribution in [1.29, 1.82) is 0 Å². The van der Waals surface area contributed by atoms with E-state index < -0.39 is 31.9 Å². The van der Waals surface area contributed by atoms with Crippen LogP contribution in [0.15, 0.2) is 53.5 Å². The van der Waals surface area contributed by atoms with Crippen molar-refractivity contribution in [2.45, 2.75) is 24.6 Å². The number of hydroxylamine groups is 1. The summed E-state index contributed by atoms with van der Waals surface area (Å²) in [6.07, 6.45) is 2.11. The van der Waals surface area contributed by atoms with Gasteiger partial charge in [0.2, 0.25) is 0 Å². The van der Waals surface area contributed by atoms with Crippen molar-refractivity contribution >= 4 is 32.2 Å². The number of benzene rings is 2. The van der Waals surface area contributed by atoms with Crippen LogP contribution < -0.4 is 11.0 Å². The van der Waals surface area contributed by atoms with Gasteiger partial charge < -0.3 is 4.57 Å². The molecule has 0 aliphatic rings. The Hall–Kier alpha value is -3.55. The third-order valence-corrected chi connectivity index (χ3v) is 7.63. The van der Waals surface area contributed by atoms with Gasteiger partial charge in [-0.1, -0.05) is 18.2 Å². The zero-order valence-corrected chi connectivity index (χ0v) is 18.1. The molecule has 166 valence electrons.